The average Bonchev–Trinajstić information content (AvgIpc) is 2.94. The van der Waals surface area contributed by atoms with Gasteiger partial charge in [-0.25, -0.2) is 4.79 Å². The number of aromatic nitrogens is 1. The number of allylic oxidation sites excluding steroid dienone is 1. The van der Waals surface area contributed by atoms with Crippen LogP contribution in [0.3, 0.4) is 0 Å². The molecule has 1 N–H and O–H groups in total. The third-order valence-electron chi connectivity index (χ3n) is 3.86. The lowest BCUT2D eigenvalue weighted by Crippen LogP contribution is -1.97. The monoisotopic (exact) mass is 261 g/mol. The second kappa shape index (κ2) is 3.90. The molecule has 2 aromatic carbocycles. The van der Waals surface area contributed by atoms with Crippen LogP contribution in [0.1, 0.15) is 21.5 Å². The number of benzene rings is 2. The van der Waals surface area contributed by atoms with Gasteiger partial charge in [-0.15, -0.1) is 0 Å². The fourth-order valence-corrected chi connectivity index (χ4v) is 2.89. The fourth-order valence-electron chi connectivity index (χ4n) is 2.89. The molecule has 0 unspecified atom stereocenters. The van der Waals surface area contributed by atoms with Crippen molar-refractivity contribution in [1.29, 1.82) is 0 Å². The Bertz CT molecular complexity index is 910. The molecule has 0 saturated heterocycles. The number of hydrogen-bond donors (Lipinski definition) is 1. The second-order valence-corrected chi connectivity index (χ2v) is 5.00. The maximum absolute atomic E-state index is 11.0. The molecule has 20 heavy (non-hydrogen) atoms. The molecule has 1 aromatic heterocycles. The Hall–Kier alpha value is -2.68. The van der Waals surface area contributed by atoms with Crippen LogP contribution in [0.15, 0.2) is 42.6 Å². The molecule has 0 amide bonds. The lowest BCUT2D eigenvalue weighted by molar-refractivity contribution is 0.0696. The summed E-state index contributed by atoms with van der Waals surface area (Å²) in [6, 6.07) is 9.87. The quantitative estimate of drug-likeness (QED) is 0.680. The Labute approximate surface area is 115 Å². The lowest BCUT2D eigenvalue weighted by Gasteiger charge is -2.08. The maximum atomic E-state index is 11.0. The molecule has 0 saturated carbocycles. The summed E-state index contributed by atoms with van der Waals surface area (Å²) in [5.74, 6) is -0.947. The molecule has 1 heterocycles. The first-order valence-electron chi connectivity index (χ1n) is 6.48. The van der Waals surface area contributed by atoms with E-state index in [2.05, 4.69) is 35.3 Å². The van der Waals surface area contributed by atoms with E-state index in [1.165, 1.54) is 22.7 Å². The molecule has 0 bridgehead atoms. The van der Waals surface area contributed by atoms with Gasteiger partial charge < -0.3 is 5.11 Å². The standard InChI is InChI=1S/C17H11NO2/c19-17(20)12-8-11-5-6-14-13-3-1-2-10(13)4-7-15(14)16(11)18-9-12/h1-2,4-9H,3H2,(H,19,20). The number of pyridine rings is 1. The molecule has 0 radical (unpaired) electrons. The molecule has 3 nitrogen and oxygen atoms in total. The highest BCUT2D eigenvalue weighted by Crippen LogP contribution is 2.32. The van der Waals surface area contributed by atoms with Gasteiger partial charge in [0.05, 0.1) is 11.1 Å². The Morgan fingerprint density at radius 3 is 2.85 bits per heavy atom. The molecular formula is C17H11NO2. The maximum Gasteiger partial charge on any atom is 0.337 e. The predicted molar refractivity (Wildman–Crippen MR) is 78.9 cm³/mol. The van der Waals surface area contributed by atoms with Crippen LogP contribution in [-0.2, 0) is 6.42 Å². The van der Waals surface area contributed by atoms with E-state index in [9.17, 15) is 4.79 Å². The molecule has 3 heteroatoms. The van der Waals surface area contributed by atoms with Crippen LogP contribution in [0.5, 0.6) is 0 Å². The summed E-state index contributed by atoms with van der Waals surface area (Å²) in [5.41, 5.74) is 3.68. The third-order valence-corrected chi connectivity index (χ3v) is 3.86. The normalized spacial score (nSPS) is 13.0. The van der Waals surface area contributed by atoms with E-state index in [0.29, 0.717) is 0 Å². The van der Waals surface area contributed by atoms with E-state index in [1.54, 1.807) is 6.07 Å². The number of carboxylic acids is 1. The van der Waals surface area contributed by atoms with Gasteiger partial charge in [-0.1, -0.05) is 36.4 Å². The lowest BCUT2D eigenvalue weighted by atomic mass is 9.98. The van der Waals surface area contributed by atoms with Gasteiger partial charge in [0.1, 0.15) is 0 Å². The van der Waals surface area contributed by atoms with Crippen LogP contribution in [-0.4, -0.2) is 16.1 Å². The fraction of sp³-hybridized carbons (Fsp3) is 0.0588. The topological polar surface area (TPSA) is 50.2 Å². The Morgan fingerprint density at radius 1 is 1.15 bits per heavy atom. The summed E-state index contributed by atoms with van der Waals surface area (Å²) in [6.07, 6.45) is 6.68. The molecule has 3 aromatic rings. The van der Waals surface area contributed by atoms with Crippen LogP contribution in [0.25, 0.3) is 27.8 Å². The first-order chi connectivity index (χ1) is 9.74. The van der Waals surface area contributed by atoms with E-state index in [1.807, 2.05) is 6.07 Å². The van der Waals surface area contributed by atoms with Crippen LogP contribution in [0, 0.1) is 0 Å². The highest BCUT2D eigenvalue weighted by molar-refractivity contribution is 6.08. The molecule has 1 aliphatic rings. The summed E-state index contributed by atoms with van der Waals surface area (Å²) in [7, 11) is 0. The van der Waals surface area contributed by atoms with Crippen LogP contribution >= 0.6 is 0 Å². The summed E-state index contributed by atoms with van der Waals surface area (Å²) < 4.78 is 0. The molecule has 1 aliphatic carbocycles. The molecule has 96 valence electrons. The van der Waals surface area contributed by atoms with Crippen molar-refractivity contribution in [2.45, 2.75) is 6.42 Å². The minimum absolute atomic E-state index is 0.222. The van der Waals surface area contributed by atoms with Crippen molar-refractivity contribution in [2.24, 2.45) is 0 Å². The van der Waals surface area contributed by atoms with Crippen molar-refractivity contribution >= 4 is 33.7 Å². The molecule has 0 aliphatic heterocycles. The molecule has 0 fully saturated rings. The van der Waals surface area contributed by atoms with Crippen molar-refractivity contribution in [3.63, 3.8) is 0 Å². The summed E-state index contributed by atoms with van der Waals surface area (Å²) >= 11 is 0. The number of hydrogen-bond acceptors (Lipinski definition) is 2. The van der Waals surface area contributed by atoms with Crippen molar-refractivity contribution < 1.29 is 9.90 Å². The molecule has 0 spiro atoms. The second-order valence-electron chi connectivity index (χ2n) is 5.00. The van der Waals surface area contributed by atoms with Crippen LogP contribution < -0.4 is 0 Å². The number of rotatable bonds is 1. The summed E-state index contributed by atoms with van der Waals surface area (Å²) in [5, 5.41) is 12.2. The number of aromatic carboxylic acids is 1. The minimum atomic E-state index is -0.947. The zero-order valence-electron chi connectivity index (χ0n) is 10.6. The number of carbonyl (C=O) groups is 1. The third kappa shape index (κ3) is 1.46. The van der Waals surface area contributed by atoms with E-state index >= 15 is 0 Å². The molecular weight excluding hydrogens is 250 g/mol. The first kappa shape index (κ1) is 11.2. The van der Waals surface area contributed by atoms with Gasteiger partial charge >= 0.3 is 5.97 Å². The number of fused-ring (bicyclic) bond motifs is 5. The van der Waals surface area contributed by atoms with Crippen molar-refractivity contribution in [3.8, 4) is 0 Å². The van der Waals surface area contributed by atoms with Gasteiger partial charge in [0.2, 0.25) is 0 Å². The predicted octanol–water partition coefficient (Wildman–Crippen LogP) is 3.66. The van der Waals surface area contributed by atoms with E-state index < -0.39 is 5.97 Å². The largest absolute Gasteiger partial charge is 0.478 e. The van der Waals surface area contributed by atoms with Gasteiger partial charge in [0.25, 0.3) is 0 Å². The minimum Gasteiger partial charge on any atom is -0.478 e. The van der Waals surface area contributed by atoms with Gasteiger partial charge in [-0.3, -0.25) is 4.98 Å². The first-order valence-corrected chi connectivity index (χ1v) is 6.48. The Morgan fingerprint density at radius 2 is 2.00 bits per heavy atom. The average molecular weight is 261 g/mol. The van der Waals surface area contributed by atoms with Gasteiger partial charge in [0.15, 0.2) is 0 Å². The number of carboxylic acid groups (broad SMARTS) is 1. The highest BCUT2D eigenvalue weighted by Gasteiger charge is 2.12. The smallest absolute Gasteiger partial charge is 0.337 e. The van der Waals surface area contributed by atoms with Gasteiger partial charge in [-0.2, -0.15) is 0 Å². The van der Waals surface area contributed by atoms with Crippen molar-refractivity contribution in [3.05, 3.63) is 59.3 Å². The number of nitrogens with zero attached hydrogens (tertiary/aromatic N) is 1. The molecule has 4 rings (SSSR count). The van der Waals surface area contributed by atoms with Crippen molar-refractivity contribution in [1.82, 2.24) is 4.98 Å². The van der Waals surface area contributed by atoms with E-state index in [-0.39, 0.29) is 5.56 Å². The Balaban J connectivity index is 2.08. The van der Waals surface area contributed by atoms with Gasteiger partial charge in [0, 0.05) is 17.0 Å². The van der Waals surface area contributed by atoms with Gasteiger partial charge in [-0.05, 0) is 29.0 Å². The van der Waals surface area contributed by atoms with Crippen LogP contribution in [0.4, 0.5) is 0 Å². The molecule has 0 atom stereocenters. The highest BCUT2D eigenvalue weighted by atomic mass is 16.4. The summed E-state index contributed by atoms with van der Waals surface area (Å²) in [4.78, 5) is 15.4. The SMILES string of the molecule is O=C(O)c1cnc2c(ccc3c4c(ccc32)C=CC4)c1. The van der Waals surface area contributed by atoms with Crippen LogP contribution in [0.2, 0.25) is 0 Å². The Kier molecular flexibility index (Phi) is 2.18. The summed E-state index contributed by atoms with van der Waals surface area (Å²) in [6.45, 7) is 0. The van der Waals surface area contributed by atoms with E-state index in [0.717, 1.165) is 22.7 Å². The zero-order valence-corrected chi connectivity index (χ0v) is 10.6. The van der Waals surface area contributed by atoms with Crippen molar-refractivity contribution in [2.75, 3.05) is 0 Å². The van der Waals surface area contributed by atoms with E-state index in [4.69, 9.17) is 5.11 Å². The zero-order chi connectivity index (χ0) is 13.7.